The van der Waals surface area contributed by atoms with Crippen molar-refractivity contribution in [1.29, 1.82) is 0 Å². The second kappa shape index (κ2) is 8.67. The van der Waals surface area contributed by atoms with E-state index in [1.54, 1.807) is 11.3 Å². The second-order valence-corrected chi connectivity index (χ2v) is 7.59. The molecule has 0 fully saturated rings. The third-order valence-electron chi connectivity index (χ3n) is 4.34. The molecule has 0 aliphatic rings. The zero-order valence-electron chi connectivity index (χ0n) is 15.6. The van der Waals surface area contributed by atoms with E-state index in [0.29, 0.717) is 5.69 Å². The highest BCUT2D eigenvalue weighted by Crippen LogP contribution is 2.31. The van der Waals surface area contributed by atoms with Gasteiger partial charge in [0.2, 0.25) is 11.8 Å². The van der Waals surface area contributed by atoms with E-state index in [1.165, 1.54) is 0 Å². The van der Waals surface area contributed by atoms with E-state index in [0.717, 1.165) is 26.4 Å². The number of amides is 2. The van der Waals surface area contributed by atoms with E-state index >= 15 is 0 Å². The number of thiazole rings is 1. The topological polar surface area (TPSA) is 71.1 Å². The molecule has 4 aromatic rings. The molecule has 0 atom stereocenters. The predicted octanol–water partition coefficient (Wildman–Crippen LogP) is 4.26. The van der Waals surface area contributed by atoms with E-state index < -0.39 is 0 Å². The fraction of sp³-hybridized carbons (Fsp3) is 0.0870. The quantitative estimate of drug-likeness (QED) is 0.507. The lowest BCUT2D eigenvalue weighted by atomic mass is 10.1. The summed E-state index contributed by atoms with van der Waals surface area (Å²) in [5.41, 5.74) is 3.48. The van der Waals surface area contributed by atoms with Crippen molar-refractivity contribution in [3.8, 4) is 10.6 Å². The van der Waals surface area contributed by atoms with Crippen molar-refractivity contribution in [2.75, 3.05) is 11.9 Å². The van der Waals surface area contributed by atoms with Gasteiger partial charge in [0, 0.05) is 11.3 Å². The largest absolute Gasteiger partial charge is 0.347 e. The van der Waals surface area contributed by atoms with Crippen LogP contribution in [-0.2, 0) is 16.0 Å². The Morgan fingerprint density at radius 3 is 2.48 bits per heavy atom. The zero-order chi connectivity index (χ0) is 20.1. The molecule has 1 aromatic heterocycles. The van der Waals surface area contributed by atoms with Crippen LogP contribution >= 0.6 is 11.3 Å². The smallest absolute Gasteiger partial charge is 0.243 e. The van der Waals surface area contributed by atoms with Gasteiger partial charge in [-0.15, -0.1) is 11.3 Å². The minimum atomic E-state index is -0.270. The van der Waals surface area contributed by atoms with Gasteiger partial charge in [0.05, 0.1) is 23.2 Å². The third kappa shape index (κ3) is 4.86. The van der Waals surface area contributed by atoms with Crippen LogP contribution in [0.4, 0.5) is 5.69 Å². The number of para-hydroxylation sites is 1. The summed E-state index contributed by atoms with van der Waals surface area (Å²) in [4.78, 5) is 28.9. The number of carbonyl (C=O) groups excluding carboxylic acids is 2. The highest BCUT2D eigenvalue weighted by molar-refractivity contribution is 7.21. The lowest BCUT2D eigenvalue weighted by Gasteiger charge is -2.08. The summed E-state index contributed by atoms with van der Waals surface area (Å²) in [5.74, 6) is -0.456. The number of benzene rings is 3. The van der Waals surface area contributed by atoms with Gasteiger partial charge < -0.3 is 10.6 Å². The molecule has 6 heteroatoms. The van der Waals surface area contributed by atoms with Crippen molar-refractivity contribution in [3.63, 3.8) is 0 Å². The number of nitrogens with zero attached hydrogens (tertiary/aromatic N) is 1. The molecule has 29 heavy (non-hydrogen) atoms. The number of hydrogen-bond acceptors (Lipinski definition) is 4. The average molecular weight is 401 g/mol. The van der Waals surface area contributed by atoms with Crippen LogP contribution in [0.25, 0.3) is 20.8 Å². The first kappa shape index (κ1) is 18.8. The molecule has 0 aliphatic carbocycles. The van der Waals surface area contributed by atoms with Crippen LogP contribution in [0.2, 0.25) is 0 Å². The monoisotopic (exact) mass is 401 g/mol. The Kier molecular flexibility index (Phi) is 5.63. The molecule has 0 bridgehead atoms. The number of nitrogens with one attached hydrogen (secondary N) is 2. The molecular formula is C23H19N3O2S. The predicted molar refractivity (Wildman–Crippen MR) is 117 cm³/mol. The first-order valence-corrected chi connectivity index (χ1v) is 10.1. The van der Waals surface area contributed by atoms with Crippen molar-refractivity contribution in [2.24, 2.45) is 0 Å². The van der Waals surface area contributed by atoms with Gasteiger partial charge in [-0.25, -0.2) is 4.98 Å². The Morgan fingerprint density at radius 1 is 0.862 bits per heavy atom. The minimum Gasteiger partial charge on any atom is -0.347 e. The van der Waals surface area contributed by atoms with Gasteiger partial charge >= 0.3 is 0 Å². The standard InChI is InChI=1S/C23H19N3O2S/c27-21(13-16-7-2-1-3-8-16)24-15-22(28)25-18-10-6-9-17(14-18)23-26-19-11-4-5-12-20(19)29-23/h1-12,14H,13,15H2,(H,24,27)(H,25,28). The van der Waals surface area contributed by atoms with Crippen molar-refractivity contribution in [1.82, 2.24) is 10.3 Å². The molecular weight excluding hydrogens is 382 g/mol. The Bertz CT molecular complexity index is 1120. The molecule has 0 saturated heterocycles. The van der Waals surface area contributed by atoms with Gasteiger partial charge in [0.25, 0.3) is 0 Å². The van der Waals surface area contributed by atoms with E-state index in [4.69, 9.17) is 0 Å². The summed E-state index contributed by atoms with van der Waals surface area (Å²) in [6.07, 6.45) is 0.251. The Hall–Kier alpha value is -3.51. The van der Waals surface area contributed by atoms with E-state index in [1.807, 2.05) is 78.9 Å². The molecule has 2 N–H and O–H groups in total. The van der Waals surface area contributed by atoms with Crippen LogP contribution in [0.5, 0.6) is 0 Å². The first-order valence-electron chi connectivity index (χ1n) is 9.24. The van der Waals surface area contributed by atoms with Gasteiger partial charge in [0.15, 0.2) is 0 Å². The summed E-state index contributed by atoms with van der Waals surface area (Å²) in [7, 11) is 0. The zero-order valence-corrected chi connectivity index (χ0v) is 16.4. The van der Waals surface area contributed by atoms with E-state index in [-0.39, 0.29) is 24.8 Å². The van der Waals surface area contributed by atoms with Gasteiger partial charge in [-0.3, -0.25) is 9.59 Å². The molecule has 144 valence electrons. The van der Waals surface area contributed by atoms with Gasteiger partial charge in [-0.2, -0.15) is 0 Å². The summed E-state index contributed by atoms with van der Waals surface area (Å²) >= 11 is 1.61. The molecule has 5 nitrogen and oxygen atoms in total. The summed E-state index contributed by atoms with van der Waals surface area (Å²) in [6, 6.07) is 25.0. The fourth-order valence-electron chi connectivity index (χ4n) is 2.95. The number of rotatable bonds is 6. The van der Waals surface area contributed by atoms with Crippen LogP contribution in [-0.4, -0.2) is 23.3 Å². The van der Waals surface area contributed by atoms with Crippen molar-refractivity contribution < 1.29 is 9.59 Å². The van der Waals surface area contributed by atoms with Crippen LogP contribution in [0.3, 0.4) is 0 Å². The first-order chi connectivity index (χ1) is 14.2. The minimum absolute atomic E-state index is 0.0724. The van der Waals surface area contributed by atoms with Crippen LogP contribution in [0.15, 0.2) is 78.9 Å². The number of aromatic nitrogens is 1. The highest BCUT2D eigenvalue weighted by Gasteiger charge is 2.09. The number of fused-ring (bicyclic) bond motifs is 1. The van der Waals surface area contributed by atoms with Crippen molar-refractivity contribution in [3.05, 3.63) is 84.4 Å². The maximum absolute atomic E-state index is 12.2. The number of carbonyl (C=O) groups is 2. The van der Waals surface area contributed by atoms with Crippen LogP contribution < -0.4 is 10.6 Å². The Balaban J connectivity index is 1.36. The molecule has 3 aromatic carbocycles. The number of anilines is 1. The summed E-state index contributed by atoms with van der Waals surface area (Å²) < 4.78 is 1.12. The third-order valence-corrected chi connectivity index (χ3v) is 5.43. The van der Waals surface area contributed by atoms with Gasteiger partial charge in [0.1, 0.15) is 5.01 Å². The molecule has 0 unspecified atom stereocenters. The molecule has 1 heterocycles. The summed E-state index contributed by atoms with van der Waals surface area (Å²) in [6.45, 7) is -0.0724. The van der Waals surface area contributed by atoms with Crippen molar-refractivity contribution >= 4 is 39.1 Å². The van der Waals surface area contributed by atoms with Crippen LogP contribution in [0.1, 0.15) is 5.56 Å². The average Bonchev–Trinajstić information content (AvgIpc) is 3.18. The maximum Gasteiger partial charge on any atom is 0.243 e. The normalized spacial score (nSPS) is 10.6. The van der Waals surface area contributed by atoms with E-state index in [9.17, 15) is 9.59 Å². The molecule has 0 radical (unpaired) electrons. The molecule has 0 spiro atoms. The lowest BCUT2D eigenvalue weighted by Crippen LogP contribution is -2.33. The van der Waals surface area contributed by atoms with Crippen molar-refractivity contribution in [2.45, 2.75) is 6.42 Å². The van der Waals surface area contributed by atoms with Gasteiger partial charge in [-0.05, 0) is 29.8 Å². The highest BCUT2D eigenvalue weighted by atomic mass is 32.1. The van der Waals surface area contributed by atoms with E-state index in [2.05, 4.69) is 15.6 Å². The van der Waals surface area contributed by atoms with Crippen LogP contribution in [0, 0.1) is 0 Å². The maximum atomic E-state index is 12.2. The Labute approximate surface area is 172 Å². The summed E-state index contributed by atoms with van der Waals surface area (Å²) in [5, 5.41) is 6.38. The lowest BCUT2D eigenvalue weighted by molar-refractivity contribution is -0.123. The molecule has 2 amide bonds. The molecule has 0 saturated carbocycles. The number of hydrogen-bond donors (Lipinski definition) is 2. The Morgan fingerprint density at radius 2 is 1.66 bits per heavy atom. The van der Waals surface area contributed by atoms with Gasteiger partial charge in [-0.1, -0.05) is 54.6 Å². The molecule has 4 rings (SSSR count). The SMILES string of the molecule is O=C(Cc1ccccc1)NCC(=O)Nc1cccc(-c2nc3ccccc3s2)c1. The second-order valence-electron chi connectivity index (χ2n) is 6.55. The molecule has 0 aliphatic heterocycles. The fourth-order valence-corrected chi connectivity index (χ4v) is 3.92.